The number of carbonyl (C=O) groups excluding carboxylic acids is 2. The number of hydrogen-bond acceptors (Lipinski definition) is 6. The molecular formula is C23H22F3N7O2. The Morgan fingerprint density at radius 2 is 1.74 bits per heavy atom. The predicted molar refractivity (Wildman–Crippen MR) is 126 cm³/mol. The fourth-order valence-electron chi connectivity index (χ4n) is 3.53. The summed E-state index contributed by atoms with van der Waals surface area (Å²) in [5, 5.41) is 10.8. The van der Waals surface area contributed by atoms with Crippen LogP contribution < -0.4 is 26.2 Å². The van der Waals surface area contributed by atoms with Crippen molar-refractivity contribution in [3.63, 3.8) is 0 Å². The molecule has 3 amide bonds. The second kappa shape index (κ2) is 10.4. The van der Waals surface area contributed by atoms with E-state index in [2.05, 4.69) is 36.1 Å². The molecule has 0 unspecified atom stereocenters. The van der Waals surface area contributed by atoms with Gasteiger partial charge in [-0.1, -0.05) is 12.1 Å². The third-order valence-electron chi connectivity index (χ3n) is 5.18. The van der Waals surface area contributed by atoms with Gasteiger partial charge in [-0.2, -0.15) is 13.2 Å². The fourth-order valence-corrected chi connectivity index (χ4v) is 3.53. The zero-order chi connectivity index (χ0) is 24.8. The van der Waals surface area contributed by atoms with Crippen LogP contribution in [-0.4, -0.2) is 48.1 Å². The summed E-state index contributed by atoms with van der Waals surface area (Å²) < 4.78 is 38.6. The van der Waals surface area contributed by atoms with Crippen LogP contribution in [0.25, 0.3) is 0 Å². The van der Waals surface area contributed by atoms with Gasteiger partial charge in [-0.3, -0.25) is 15.1 Å². The molecule has 0 atom stereocenters. The lowest BCUT2D eigenvalue weighted by molar-refractivity contribution is -0.137. The van der Waals surface area contributed by atoms with Gasteiger partial charge in [0.25, 0.3) is 5.91 Å². The van der Waals surface area contributed by atoms with Crippen molar-refractivity contribution >= 4 is 34.8 Å². The van der Waals surface area contributed by atoms with Gasteiger partial charge in [0, 0.05) is 38.1 Å². The summed E-state index contributed by atoms with van der Waals surface area (Å²) in [4.78, 5) is 35.5. The molecule has 182 valence electrons. The van der Waals surface area contributed by atoms with Gasteiger partial charge in [-0.15, -0.1) is 0 Å². The molecule has 1 aliphatic rings. The van der Waals surface area contributed by atoms with Gasteiger partial charge in [0.05, 0.1) is 23.1 Å². The highest BCUT2D eigenvalue weighted by Gasteiger charge is 2.30. The third-order valence-corrected chi connectivity index (χ3v) is 5.18. The highest BCUT2D eigenvalue weighted by molar-refractivity contribution is 6.05. The van der Waals surface area contributed by atoms with E-state index in [-0.39, 0.29) is 17.2 Å². The van der Waals surface area contributed by atoms with Crippen molar-refractivity contribution in [3.05, 3.63) is 72.2 Å². The number of anilines is 4. The van der Waals surface area contributed by atoms with E-state index in [4.69, 9.17) is 0 Å². The highest BCUT2D eigenvalue weighted by atomic mass is 19.4. The maximum absolute atomic E-state index is 12.9. The summed E-state index contributed by atoms with van der Waals surface area (Å²) in [6.07, 6.45) is -1.32. The molecule has 0 spiro atoms. The minimum atomic E-state index is -4.53. The van der Waals surface area contributed by atoms with Crippen LogP contribution in [0.4, 0.5) is 40.8 Å². The molecule has 0 radical (unpaired) electrons. The number of carbonyl (C=O) groups is 2. The van der Waals surface area contributed by atoms with Crippen molar-refractivity contribution < 1.29 is 22.8 Å². The normalized spacial score (nSPS) is 13.7. The predicted octanol–water partition coefficient (Wildman–Crippen LogP) is 3.80. The standard InChI is InChI=1S/C23H22F3N7O2/c24-23(25,26)15-3-1-4-16(13-15)29-22(35)32-20-6-2-5-17(30-20)21(34)31-18-14-28-8-7-19(18)33-11-9-27-10-12-33/h1-8,13-14,27H,9-12H2,(H,31,34)(H2,29,30,32,35). The van der Waals surface area contributed by atoms with E-state index in [1.54, 1.807) is 12.4 Å². The molecule has 3 aromatic rings. The number of hydrogen-bond donors (Lipinski definition) is 4. The van der Waals surface area contributed by atoms with Crippen molar-refractivity contribution in [2.24, 2.45) is 0 Å². The second-order valence-corrected chi connectivity index (χ2v) is 7.65. The van der Waals surface area contributed by atoms with Crippen molar-refractivity contribution in [2.75, 3.05) is 47.0 Å². The number of amides is 3. The van der Waals surface area contributed by atoms with E-state index in [9.17, 15) is 22.8 Å². The molecule has 9 nitrogen and oxygen atoms in total. The number of alkyl halides is 3. The summed E-state index contributed by atoms with van der Waals surface area (Å²) in [5.74, 6) is -0.452. The molecule has 1 saturated heterocycles. The van der Waals surface area contributed by atoms with Crippen LogP contribution in [-0.2, 0) is 6.18 Å². The van der Waals surface area contributed by atoms with Crippen molar-refractivity contribution in [1.82, 2.24) is 15.3 Å². The molecule has 1 aliphatic heterocycles. The van der Waals surface area contributed by atoms with Crippen LogP contribution in [0.5, 0.6) is 0 Å². The fraction of sp³-hybridized carbons (Fsp3) is 0.217. The number of piperazine rings is 1. The topological polar surface area (TPSA) is 111 Å². The molecule has 12 heteroatoms. The minimum absolute atomic E-state index is 0.0387. The van der Waals surface area contributed by atoms with Gasteiger partial charge in [0.1, 0.15) is 11.5 Å². The van der Waals surface area contributed by atoms with E-state index in [0.29, 0.717) is 5.69 Å². The zero-order valence-corrected chi connectivity index (χ0v) is 18.4. The number of rotatable bonds is 5. The molecule has 35 heavy (non-hydrogen) atoms. The van der Waals surface area contributed by atoms with E-state index < -0.39 is 23.7 Å². The van der Waals surface area contributed by atoms with Crippen LogP contribution in [0.2, 0.25) is 0 Å². The molecule has 0 saturated carbocycles. The Balaban J connectivity index is 1.42. The Morgan fingerprint density at radius 1 is 0.971 bits per heavy atom. The first-order valence-corrected chi connectivity index (χ1v) is 10.7. The van der Waals surface area contributed by atoms with Crippen LogP contribution in [0.15, 0.2) is 60.9 Å². The van der Waals surface area contributed by atoms with Crippen molar-refractivity contribution in [2.45, 2.75) is 6.18 Å². The average Bonchev–Trinajstić information content (AvgIpc) is 2.84. The Kier molecular flexibility index (Phi) is 7.11. The van der Waals surface area contributed by atoms with Gasteiger partial charge in [0.2, 0.25) is 0 Å². The number of halogens is 3. The van der Waals surface area contributed by atoms with Gasteiger partial charge in [0.15, 0.2) is 0 Å². The van der Waals surface area contributed by atoms with Crippen molar-refractivity contribution in [1.29, 1.82) is 0 Å². The number of nitrogens with zero attached hydrogens (tertiary/aromatic N) is 3. The molecule has 0 aliphatic carbocycles. The summed E-state index contributed by atoms with van der Waals surface area (Å²) >= 11 is 0. The molecule has 2 aromatic heterocycles. The molecule has 1 aromatic carbocycles. The van der Waals surface area contributed by atoms with E-state index >= 15 is 0 Å². The molecule has 3 heterocycles. The number of aromatic nitrogens is 2. The maximum Gasteiger partial charge on any atom is 0.416 e. The molecular weight excluding hydrogens is 463 g/mol. The van der Waals surface area contributed by atoms with E-state index in [1.807, 2.05) is 6.07 Å². The molecule has 0 bridgehead atoms. The van der Waals surface area contributed by atoms with Gasteiger partial charge in [-0.25, -0.2) is 9.78 Å². The highest BCUT2D eigenvalue weighted by Crippen LogP contribution is 2.30. The minimum Gasteiger partial charge on any atom is -0.367 e. The molecule has 4 rings (SSSR count). The lowest BCUT2D eigenvalue weighted by atomic mass is 10.2. The number of pyridine rings is 2. The summed E-state index contributed by atoms with van der Waals surface area (Å²) in [5.41, 5.74) is 0.481. The Morgan fingerprint density at radius 3 is 2.51 bits per heavy atom. The first-order chi connectivity index (χ1) is 16.8. The maximum atomic E-state index is 12.9. The van der Waals surface area contributed by atoms with Crippen LogP contribution in [0.1, 0.15) is 16.1 Å². The number of urea groups is 1. The summed E-state index contributed by atoms with van der Waals surface area (Å²) in [6.45, 7) is 3.22. The quantitative estimate of drug-likeness (QED) is 0.438. The Hall–Kier alpha value is -4.19. The second-order valence-electron chi connectivity index (χ2n) is 7.65. The van der Waals surface area contributed by atoms with Crippen LogP contribution in [0.3, 0.4) is 0 Å². The summed E-state index contributed by atoms with van der Waals surface area (Å²) in [7, 11) is 0. The Bertz CT molecular complexity index is 1210. The average molecular weight is 485 g/mol. The van der Waals surface area contributed by atoms with Gasteiger partial charge < -0.3 is 20.9 Å². The monoisotopic (exact) mass is 485 g/mol. The lowest BCUT2D eigenvalue weighted by Crippen LogP contribution is -2.43. The van der Waals surface area contributed by atoms with Crippen LogP contribution in [0, 0.1) is 0 Å². The first-order valence-electron chi connectivity index (χ1n) is 10.7. The number of nitrogens with one attached hydrogen (secondary N) is 4. The smallest absolute Gasteiger partial charge is 0.367 e. The zero-order valence-electron chi connectivity index (χ0n) is 18.4. The Labute approximate surface area is 198 Å². The largest absolute Gasteiger partial charge is 0.416 e. The SMILES string of the molecule is O=C(Nc1cccc(C(F)(F)F)c1)Nc1cccc(C(=O)Nc2cnccc2N2CCNCC2)n1. The van der Waals surface area contributed by atoms with Crippen molar-refractivity contribution in [3.8, 4) is 0 Å². The van der Waals surface area contributed by atoms with Crippen LogP contribution >= 0.6 is 0 Å². The first kappa shape index (κ1) is 24.0. The molecule has 1 fully saturated rings. The van der Waals surface area contributed by atoms with E-state index in [1.165, 1.54) is 30.3 Å². The number of benzene rings is 1. The molecule has 4 N–H and O–H groups in total. The van der Waals surface area contributed by atoms with E-state index in [0.717, 1.165) is 44.0 Å². The summed E-state index contributed by atoms with van der Waals surface area (Å²) in [6, 6.07) is 9.73. The third kappa shape index (κ3) is 6.23. The van der Waals surface area contributed by atoms with Gasteiger partial charge in [-0.05, 0) is 36.4 Å². The van der Waals surface area contributed by atoms with Gasteiger partial charge >= 0.3 is 12.2 Å². The lowest BCUT2D eigenvalue weighted by Gasteiger charge is -2.30.